The van der Waals surface area contributed by atoms with Crippen molar-refractivity contribution in [2.45, 2.75) is 25.3 Å². The molecule has 1 unspecified atom stereocenters. The summed E-state index contributed by atoms with van der Waals surface area (Å²) in [6, 6.07) is 20.1. The fraction of sp³-hybridized carbons (Fsp3) is 0.368. The number of anilines is 1. The molecule has 0 saturated heterocycles. The summed E-state index contributed by atoms with van der Waals surface area (Å²) in [6.07, 6.45) is 3.57. The van der Waals surface area contributed by atoms with E-state index < -0.39 is 0 Å². The number of hydrogen-bond acceptors (Lipinski definition) is 2. The highest BCUT2D eigenvalue weighted by atomic mass is 15.1. The van der Waals surface area contributed by atoms with Gasteiger partial charge in [0, 0.05) is 24.8 Å². The predicted molar refractivity (Wildman–Crippen MR) is 89.8 cm³/mol. The molecule has 1 N–H and O–H groups in total. The molecule has 1 aliphatic rings. The molecule has 2 heteroatoms. The first kappa shape index (κ1) is 14.2. The molecule has 0 amide bonds. The van der Waals surface area contributed by atoms with Gasteiger partial charge < -0.3 is 10.2 Å². The molecule has 0 aromatic heterocycles. The Labute approximate surface area is 127 Å². The highest BCUT2D eigenvalue weighted by molar-refractivity contribution is 5.56. The van der Waals surface area contributed by atoms with E-state index in [4.69, 9.17) is 0 Å². The second kappa shape index (κ2) is 6.77. The summed E-state index contributed by atoms with van der Waals surface area (Å²) >= 11 is 0. The normalized spacial score (nSPS) is 18.1. The number of fused-ring (bicyclic) bond motifs is 1. The highest BCUT2D eigenvalue weighted by Gasteiger charge is 2.21. The Morgan fingerprint density at radius 2 is 1.81 bits per heavy atom. The summed E-state index contributed by atoms with van der Waals surface area (Å²) in [6.45, 7) is 2.25. The molecule has 0 saturated carbocycles. The number of benzene rings is 2. The largest absolute Gasteiger partial charge is 0.371 e. The van der Waals surface area contributed by atoms with Crippen LogP contribution < -0.4 is 10.2 Å². The van der Waals surface area contributed by atoms with Gasteiger partial charge in [0.2, 0.25) is 0 Å². The maximum atomic E-state index is 3.47. The summed E-state index contributed by atoms with van der Waals surface area (Å²) < 4.78 is 0. The highest BCUT2D eigenvalue weighted by Crippen LogP contribution is 2.32. The lowest BCUT2D eigenvalue weighted by molar-refractivity contribution is 0.541. The minimum atomic E-state index is 0.489. The smallest absolute Gasteiger partial charge is 0.0414 e. The summed E-state index contributed by atoms with van der Waals surface area (Å²) in [4.78, 5) is 2.56. The zero-order chi connectivity index (χ0) is 14.5. The van der Waals surface area contributed by atoms with Crippen molar-refractivity contribution in [3.05, 3.63) is 65.7 Å². The van der Waals surface area contributed by atoms with Gasteiger partial charge in [-0.3, -0.25) is 0 Å². The Hall–Kier alpha value is -1.80. The summed E-state index contributed by atoms with van der Waals surface area (Å²) in [5, 5.41) is 3.47. The van der Waals surface area contributed by atoms with Crippen LogP contribution >= 0.6 is 0 Å². The minimum absolute atomic E-state index is 0.489. The van der Waals surface area contributed by atoms with Crippen LogP contribution in [-0.2, 0) is 6.42 Å². The van der Waals surface area contributed by atoms with Crippen LogP contribution in [-0.4, -0.2) is 20.1 Å². The second-order valence-corrected chi connectivity index (χ2v) is 5.76. The number of rotatable bonds is 4. The van der Waals surface area contributed by atoms with Crippen LogP contribution in [0.25, 0.3) is 0 Å². The molecule has 1 heterocycles. The van der Waals surface area contributed by atoms with Crippen molar-refractivity contribution in [3.8, 4) is 0 Å². The Balaban J connectivity index is 1.78. The number of nitrogens with zero attached hydrogens (tertiary/aromatic N) is 1. The Morgan fingerprint density at radius 1 is 1.05 bits per heavy atom. The topological polar surface area (TPSA) is 15.3 Å². The Kier molecular flexibility index (Phi) is 4.56. The van der Waals surface area contributed by atoms with E-state index in [1.165, 1.54) is 29.7 Å². The lowest BCUT2D eigenvalue weighted by Crippen LogP contribution is -2.26. The van der Waals surface area contributed by atoms with Crippen molar-refractivity contribution >= 4 is 5.69 Å². The zero-order valence-corrected chi connectivity index (χ0v) is 12.8. The van der Waals surface area contributed by atoms with E-state index in [0.717, 1.165) is 19.5 Å². The van der Waals surface area contributed by atoms with E-state index in [1.54, 1.807) is 0 Å². The summed E-state index contributed by atoms with van der Waals surface area (Å²) in [5.74, 6) is 0. The molecule has 0 fully saturated rings. The quantitative estimate of drug-likeness (QED) is 0.916. The predicted octanol–water partition coefficient (Wildman–Crippen LogP) is 3.79. The third-order valence-electron chi connectivity index (χ3n) is 4.44. The molecule has 3 rings (SSSR count). The first-order chi connectivity index (χ1) is 10.4. The van der Waals surface area contributed by atoms with E-state index in [2.05, 4.69) is 71.9 Å². The zero-order valence-electron chi connectivity index (χ0n) is 12.8. The van der Waals surface area contributed by atoms with Crippen molar-refractivity contribution in [3.63, 3.8) is 0 Å². The van der Waals surface area contributed by atoms with Gasteiger partial charge in [0.15, 0.2) is 0 Å². The van der Waals surface area contributed by atoms with Gasteiger partial charge in [0.1, 0.15) is 0 Å². The Morgan fingerprint density at radius 3 is 2.62 bits per heavy atom. The van der Waals surface area contributed by atoms with E-state index in [1.807, 2.05) is 0 Å². The van der Waals surface area contributed by atoms with Crippen LogP contribution in [0.5, 0.6) is 0 Å². The van der Waals surface area contributed by atoms with Gasteiger partial charge >= 0.3 is 0 Å². The summed E-state index contributed by atoms with van der Waals surface area (Å²) in [5.41, 5.74) is 4.28. The van der Waals surface area contributed by atoms with Gasteiger partial charge in [-0.15, -0.1) is 0 Å². The number of nitrogens with one attached hydrogen (secondary N) is 1. The van der Waals surface area contributed by atoms with Crippen LogP contribution in [0.4, 0.5) is 5.69 Å². The van der Waals surface area contributed by atoms with Crippen molar-refractivity contribution in [1.82, 2.24) is 5.32 Å². The molecule has 110 valence electrons. The molecule has 0 bridgehead atoms. The molecule has 0 spiro atoms. The lowest BCUT2D eigenvalue weighted by Gasteiger charge is -2.26. The molecule has 1 aliphatic heterocycles. The summed E-state index contributed by atoms with van der Waals surface area (Å²) in [7, 11) is 2.07. The van der Waals surface area contributed by atoms with E-state index in [9.17, 15) is 0 Å². The fourth-order valence-corrected chi connectivity index (χ4v) is 3.27. The molecule has 21 heavy (non-hydrogen) atoms. The van der Waals surface area contributed by atoms with Crippen molar-refractivity contribution in [1.29, 1.82) is 0 Å². The average Bonchev–Trinajstić information content (AvgIpc) is 2.73. The third-order valence-corrected chi connectivity index (χ3v) is 4.44. The first-order valence-corrected chi connectivity index (χ1v) is 7.93. The van der Waals surface area contributed by atoms with Crippen molar-refractivity contribution < 1.29 is 0 Å². The van der Waals surface area contributed by atoms with Gasteiger partial charge in [-0.2, -0.15) is 0 Å². The molecular weight excluding hydrogens is 256 g/mol. The van der Waals surface area contributed by atoms with Gasteiger partial charge in [0.25, 0.3) is 0 Å². The van der Waals surface area contributed by atoms with E-state index in [-0.39, 0.29) is 0 Å². The molecule has 2 aromatic carbocycles. The molecule has 2 aromatic rings. The standard InChI is InChI=1S/C19H24N2/c1-20-18-11-7-14-21(19-12-6-5-10-17(18)19)15-13-16-8-3-2-4-9-16/h2-6,8-10,12,18,20H,7,11,13-15H2,1H3. The molecule has 0 aliphatic carbocycles. The van der Waals surface area contributed by atoms with Crippen LogP contribution in [0.1, 0.15) is 30.0 Å². The van der Waals surface area contributed by atoms with Gasteiger partial charge in [-0.1, -0.05) is 48.5 Å². The van der Waals surface area contributed by atoms with Gasteiger partial charge in [-0.25, -0.2) is 0 Å². The van der Waals surface area contributed by atoms with Gasteiger partial charge in [0.05, 0.1) is 0 Å². The van der Waals surface area contributed by atoms with Crippen LogP contribution in [0.3, 0.4) is 0 Å². The SMILES string of the molecule is CNC1CCCN(CCc2ccccc2)c2ccccc21. The minimum Gasteiger partial charge on any atom is -0.371 e. The lowest BCUT2D eigenvalue weighted by atomic mass is 10.0. The fourth-order valence-electron chi connectivity index (χ4n) is 3.27. The second-order valence-electron chi connectivity index (χ2n) is 5.76. The first-order valence-electron chi connectivity index (χ1n) is 7.93. The van der Waals surface area contributed by atoms with Crippen LogP contribution in [0, 0.1) is 0 Å². The number of para-hydroxylation sites is 1. The monoisotopic (exact) mass is 280 g/mol. The van der Waals surface area contributed by atoms with Crippen molar-refractivity contribution in [2.24, 2.45) is 0 Å². The molecular formula is C19H24N2. The van der Waals surface area contributed by atoms with E-state index >= 15 is 0 Å². The van der Waals surface area contributed by atoms with Crippen LogP contribution in [0.15, 0.2) is 54.6 Å². The molecule has 1 atom stereocenters. The molecule has 2 nitrogen and oxygen atoms in total. The third kappa shape index (κ3) is 3.27. The van der Waals surface area contributed by atoms with Crippen molar-refractivity contribution in [2.75, 3.05) is 25.0 Å². The molecule has 0 radical (unpaired) electrons. The number of hydrogen-bond donors (Lipinski definition) is 1. The average molecular weight is 280 g/mol. The Bertz CT molecular complexity index is 565. The maximum absolute atomic E-state index is 3.47. The van der Waals surface area contributed by atoms with E-state index in [0.29, 0.717) is 6.04 Å². The maximum Gasteiger partial charge on any atom is 0.0414 e. The van der Waals surface area contributed by atoms with Crippen LogP contribution in [0.2, 0.25) is 0 Å². The van der Waals surface area contributed by atoms with Gasteiger partial charge in [-0.05, 0) is 43.5 Å².